The van der Waals surface area contributed by atoms with Gasteiger partial charge in [-0.1, -0.05) is 0 Å². The molecule has 2 radical (unpaired) electrons. The summed E-state index contributed by atoms with van der Waals surface area (Å²) in [5.41, 5.74) is 0. The van der Waals surface area contributed by atoms with E-state index in [1.807, 2.05) is 0 Å². The zero-order chi connectivity index (χ0) is 4.99. The number of hydrogen-bond donors (Lipinski definition) is 0. The summed E-state index contributed by atoms with van der Waals surface area (Å²) in [4.78, 5) is 9.89. The maximum Gasteiger partial charge on any atom is 0 e. The Balaban J connectivity index is -0.000000125. The van der Waals surface area contributed by atoms with Crippen LogP contribution in [0.2, 0.25) is 4.13 Å². The first kappa shape index (κ1) is 17.2. The zero-order valence-corrected chi connectivity index (χ0v) is 14.5. The van der Waals surface area contributed by atoms with Crippen molar-refractivity contribution in [1.29, 1.82) is 0 Å². The van der Waals surface area contributed by atoms with Gasteiger partial charge in [0.15, 0.2) is 0 Å². The van der Waals surface area contributed by atoms with E-state index in [-0.39, 0.29) is 88.4 Å². The number of ketones is 1. The second kappa shape index (κ2) is 12.7. The second-order valence-corrected chi connectivity index (χ2v) is 2.60. The number of carbonyl (C=O) groups excluding carboxylic acids is 1. The van der Waals surface area contributed by atoms with Crippen LogP contribution in [0.1, 0.15) is 6.92 Å². The van der Waals surface area contributed by atoms with Gasteiger partial charge in [0.05, 0.1) is 0 Å². The quantitative estimate of drug-likeness (QED) is 0.617. The third kappa shape index (κ3) is 16.0. The molecule has 0 saturated heterocycles. The molecule has 39 valence electrons. The van der Waals surface area contributed by atoms with E-state index >= 15 is 0 Å². The molecular weight excluding hydrogens is 441 g/mol. The van der Waals surface area contributed by atoms with E-state index in [1.54, 1.807) is 0 Å². The molecule has 2 nitrogen and oxygen atoms in total. The van der Waals surface area contributed by atoms with Gasteiger partial charge in [-0.2, -0.15) is 0 Å². The van der Waals surface area contributed by atoms with Crippen LogP contribution in [0.15, 0.2) is 0 Å². The SMILES string of the molecule is CC(=O)[CH2][Zr]=[O].[Pr].[Pr]. The van der Waals surface area contributed by atoms with Gasteiger partial charge in [0, 0.05) is 82.6 Å². The van der Waals surface area contributed by atoms with Gasteiger partial charge in [0.1, 0.15) is 0 Å². The van der Waals surface area contributed by atoms with E-state index in [0.29, 0.717) is 4.13 Å². The Morgan fingerprint density at radius 1 is 1.50 bits per heavy atom. The predicted octanol–water partition coefficient (Wildman–Crippen LogP) is 0.422. The molecule has 0 aliphatic heterocycles. The summed E-state index contributed by atoms with van der Waals surface area (Å²) in [5.74, 6) is 0.0524. The Kier molecular flexibility index (Phi) is 27.4. The van der Waals surface area contributed by atoms with Crippen molar-refractivity contribution in [2.75, 3.05) is 0 Å². The van der Waals surface area contributed by atoms with Crippen molar-refractivity contribution < 1.29 is 113 Å². The average molecular weight is 446 g/mol. The van der Waals surface area contributed by atoms with Crippen molar-refractivity contribution in [2.45, 2.75) is 11.1 Å². The molecule has 0 fully saturated rings. The maximum absolute atomic E-state index is 9.89. The summed E-state index contributed by atoms with van der Waals surface area (Å²) in [7, 11) is 0. The van der Waals surface area contributed by atoms with Gasteiger partial charge in [-0.3, -0.25) is 0 Å². The van der Waals surface area contributed by atoms with Crippen LogP contribution < -0.4 is 0 Å². The van der Waals surface area contributed by atoms with Crippen LogP contribution in [0.3, 0.4) is 0 Å². The molecule has 0 atom stereocenters. The first-order chi connectivity index (χ1) is 2.77. The number of carbonyl (C=O) groups is 1. The second-order valence-electron chi connectivity index (χ2n) is 1.02. The van der Waals surface area contributed by atoms with Crippen LogP contribution >= 0.6 is 0 Å². The monoisotopic (exact) mass is 445 g/mol. The van der Waals surface area contributed by atoms with E-state index in [9.17, 15) is 7.61 Å². The van der Waals surface area contributed by atoms with Crippen molar-refractivity contribution >= 4 is 5.78 Å². The molecule has 0 amide bonds. The minimum Gasteiger partial charge on any atom is 0 e. The largest absolute Gasteiger partial charge is 0 e. The Labute approximate surface area is 127 Å². The molecule has 0 bridgehead atoms. The minimum atomic E-state index is -1.45. The van der Waals surface area contributed by atoms with E-state index in [0.717, 1.165) is 0 Å². The van der Waals surface area contributed by atoms with Gasteiger partial charge in [-0.05, 0) is 0 Å². The first-order valence-corrected chi connectivity index (χ1v) is 4.36. The van der Waals surface area contributed by atoms with Crippen LogP contribution in [-0.2, 0) is 30.8 Å². The molecule has 0 heterocycles. The molecule has 0 unspecified atom stereocenters. The normalized spacial score (nSPS) is 5.12. The Morgan fingerprint density at radius 3 is 1.88 bits per heavy atom. The Bertz CT molecular complexity index is 75.7. The summed E-state index contributed by atoms with van der Waals surface area (Å²) in [5, 5.41) is 0. The predicted molar refractivity (Wildman–Crippen MR) is 16.2 cm³/mol. The fourth-order valence-electron chi connectivity index (χ4n) is 0.102. The van der Waals surface area contributed by atoms with Crippen molar-refractivity contribution in [2.24, 2.45) is 0 Å². The maximum atomic E-state index is 9.89. The van der Waals surface area contributed by atoms with Gasteiger partial charge < -0.3 is 0 Å². The van der Waals surface area contributed by atoms with Crippen molar-refractivity contribution in [1.82, 2.24) is 0 Å². The summed E-state index contributed by atoms with van der Waals surface area (Å²) in [6.07, 6.45) is 0. The van der Waals surface area contributed by atoms with E-state index in [2.05, 4.69) is 0 Å². The minimum absolute atomic E-state index is 0. The number of rotatable bonds is 2. The smallest absolute Gasteiger partial charge is 0 e. The summed E-state index contributed by atoms with van der Waals surface area (Å²) >= 11 is -1.45. The van der Waals surface area contributed by atoms with Crippen molar-refractivity contribution in [3.8, 4) is 0 Å². The summed E-state index contributed by atoms with van der Waals surface area (Å²) in [6.45, 7) is 1.46. The van der Waals surface area contributed by atoms with E-state index in [4.69, 9.17) is 0 Å². The average Bonchev–Trinajstić information content (AvgIpc) is 1.35. The third-order valence-electron chi connectivity index (χ3n) is 0.321. The van der Waals surface area contributed by atoms with Gasteiger partial charge in [0.2, 0.25) is 0 Å². The van der Waals surface area contributed by atoms with Crippen LogP contribution in [0, 0.1) is 82.6 Å². The fourth-order valence-corrected chi connectivity index (χ4v) is 0.601. The van der Waals surface area contributed by atoms with Crippen LogP contribution in [0.4, 0.5) is 0 Å². The molecule has 0 aromatic rings. The van der Waals surface area contributed by atoms with Gasteiger partial charge in [0.25, 0.3) is 0 Å². The van der Waals surface area contributed by atoms with Gasteiger partial charge in [-0.15, -0.1) is 0 Å². The van der Waals surface area contributed by atoms with Crippen LogP contribution in [0.25, 0.3) is 0 Å². The molecule has 0 saturated carbocycles. The van der Waals surface area contributed by atoms with E-state index < -0.39 is 23.2 Å². The molecule has 0 aromatic carbocycles. The van der Waals surface area contributed by atoms with E-state index in [1.165, 1.54) is 6.92 Å². The third-order valence-corrected chi connectivity index (χ3v) is 1.90. The summed E-state index contributed by atoms with van der Waals surface area (Å²) < 4.78 is 10.0. The molecule has 0 aromatic heterocycles. The molecule has 8 heavy (non-hydrogen) atoms. The van der Waals surface area contributed by atoms with Crippen LogP contribution in [0.5, 0.6) is 0 Å². The molecule has 0 aliphatic rings. The topological polar surface area (TPSA) is 34.1 Å². The zero-order valence-electron chi connectivity index (χ0n) is 4.68. The van der Waals surface area contributed by atoms with Gasteiger partial charge >= 0.3 is 47.7 Å². The first-order valence-electron chi connectivity index (χ1n) is 1.62. The molecule has 5 heteroatoms. The number of hydrogen-bond acceptors (Lipinski definition) is 2. The summed E-state index contributed by atoms with van der Waals surface area (Å²) in [6, 6.07) is 0. The fraction of sp³-hybridized carbons (Fsp3) is 0.667. The van der Waals surface area contributed by atoms with Crippen molar-refractivity contribution in [3.05, 3.63) is 0 Å². The molecular formula is C3H5O2Pr2Zr. The van der Waals surface area contributed by atoms with Gasteiger partial charge in [-0.25, -0.2) is 0 Å². The number of Topliss-reactive ketones (excluding diaryl/α,β-unsaturated/α-hetero) is 1. The molecule has 0 aliphatic carbocycles. The van der Waals surface area contributed by atoms with Crippen molar-refractivity contribution in [3.63, 3.8) is 0 Å². The standard InChI is InChI=1S/C3H5O.O.2Pr.Zr/c1-3(2)4;;;;/h1H2,2H3;;;;. The Morgan fingerprint density at radius 2 is 1.88 bits per heavy atom. The molecule has 0 N–H and O–H groups in total. The molecule has 0 spiro atoms. The molecule has 0 rings (SSSR count). The Hall–Kier alpha value is 3.08. The van der Waals surface area contributed by atoms with Crippen LogP contribution in [-0.4, -0.2) is 5.78 Å².